The largest absolute Gasteiger partial charge is 0.352 e. The van der Waals surface area contributed by atoms with E-state index in [0.717, 1.165) is 0 Å². The van der Waals surface area contributed by atoms with Gasteiger partial charge in [0.15, 0.2) is 5.16 Å². The van der Waals surface area contributed by atoms with Crippen molar-refractivity contribution in [2.24, 2.45) is 0 Å². The van der Waals surface area contributed by atoms with Crippen LogP contribution < -0.4 is 10.6 Å². The van der Waals surface area contributed by atoms with Crippen molar-refractivity contribution in [3.05, 3.63) is 81.6 Å². The maximum atomic E-state index is 12.3. The van der Waals surface area contributed by atoms with Crippen LogP contribution in [0.15, 0.2) is 60.3 Å². The number of thioether (sulfide) groups is 1. The van der Waals surface area contributed by atoms with Crippen LogP contribution in [0.1, 0.15) is 16.2 Å². The summed E-state index contributed by atoms with van der Waals surface area (Å²) in [6.07, 6.45) is 2.17. The molecule has 0 saturated heterocycles. The summed E-state index contributed by atoms with van der Waals surface area (Å²) in [5.74, 6) is 0.360. The van der Waals surface area contributed by atoms with E-state index in [1.54, 1.807) is 42.5 Å². The van der Waals surface area contributed by atoms with E-state index in [9.17, 15) is 9.59 Å². The van der Waals surface area contributed by atoms with Crippen LogP contribution in [-0.2, 0) is 17.8 Å². The summed E-state index contributed by atoms with van der Waals surface area (Å²) >= 11 is 19.1. The van der Waals surface area contributed by atoms with Crippen molar-refractivity contribution >= 4 is 64.1 Å². The minimum Gasteiger partial charge on any atom is -0.352 e. The minimum atomic E-state index is -0.268. The molecule has 0 unspecified atom stereocenters. The molecule has 33 heavy (non-hydrogen) atoms. The van der Waals surface area contributed by atoms with Gasteiger partial charge in [-0.25, -0.2) is 0 Å². The average molecular weight is 525 g/mol. The molecule has 3 aromatic rings. The number of carbonyl (C=O) groups is 2. The molecule has 172 valence electrons. The molecular weight excluding hydrogens is 505 g/mol. The van der Waals surface area contributed by atoms with Crippen molar-refractivity contribution in [2.75, 3.05) is 17.6 Å². The highest BCUT2D eigenvalue weighted by molar-refractivity contribution is 7.99. The van der Waals surface area contributed by atoms with E-state index in [0.29, 0.717) is 56.8 Å². The Hall–Kier alpha value is -2.52. The number of anilines is 1. The van der Waals surface area contributed by atoms with Gasteiger partial charge in [0.05, 0.1) is 15.8 Å². The molecule has 0 bridgehead atoms. The van der Waals surface area contributed by atoms with Crippen LogP contribution in [-0.4, -0.2) is 38.9 Å². The first-order valence-corrected chi connectivity index (χ1v) is 11.9. The fourth-order valence-electron chi connectivity index (χ4n) is 2.84. The van der Waals surface area contributed by atoms with Gasteiger partial charge in [-0.2, -0.15) is 0 Å². The predicted octanol–water partition coefficient (Wildman–Crippen LogP) is 5.13. The van der Waals surface area contributed by atoms with Crippen molar-refractivity contribution in [1.82, 2.24) is 20.1 Å². The number of hydrogen-bond donors (Lipinski definition) is 2. The molecule has 11 heteroatoms. The molecule has 2 N–H and O–H groups in total. The minimum absolute atomic E-state index is 0.149. The zero-order valence-corrected chi connectivity index (χ0v) is 20.4. The highest BCUT2D eigenvalue weighted by Gasteiger charge is 2.15. The monoisotopic (exact) mass is 523 g/mol. The lowest BCUT2D eigenvalue weighted by Gasteiger charge is -2.09. The third-order valence-corrected chi connectivity index (χ3v) is 6.30. The molecule has 7 nitrogen and oxygen atoms in total. The van der Waals surface area contributed by atoms with Crippen LogP contribution in [0, 0.1) is 0 Å². The maximum absolute atomic E-state index is 12.3. The number of benzene rings is 2. The normalized spacial score (nSPS) is 10.6. The Bertz CT molecular complexity index is 1170. The molecule has 3 rings (SSSR count). The van der Waals surface area contributed by atoms with Gasteiger partial charge in [-0.1, -0.05) is 58.7 Å². The second-order valence-electron chi connectivity index (χ2n) is 6.78. The number of nitrogens with zero attached hydrogens (tertiary/aromatic N) is 3. The van der Waals surface area contributed by atoms with Gasteiger partial charge in [0.25, 0.3) is 5.91 Å². The van der Waals surface area contributed by atoms with Crippen LogP contribution >= 0.6 is 46.6 Å². The number of halogens is 3. The Morgan fingerprint density at radius 3 is 2.64 bits per heavy atom. The lowest BCUT2D eigenvalue weighted by Crippen LogP contribution is -2.26. The van der Waals surface area contributed by atoms with Crippen LogP contribution in [0.3, 0.4) is 0 Å². The van der Waals surface area contributed by atoms with E-state index < -0.39 is 0 Å². The fourth-order valence-corrected chi connectivity index (χ4v) is 4.10. The Morgan fingerprint density at radius 1 is 1.09 bits per heavy atom. The zero-order valence-electron chi connectivity index (χ0n) is 17.4. The summed E-state index contributed by atoms with van der Waals surface area (Å²) in [4.78, 5) is 24.6. The number of amides is 2. The van der Waals surface area contributed by atoms with E-state index in [-0.39, 0.29) is 17.6 Å². The van der Waals surface area contributed by atoms with Gasteiger partial charge >= 0.3 is 0 Å². The van der Waals surface area contributed by atoms with Gasteiger partial charge in [-0.3, -0.25) is 9.59 Å². The molecule has 0 radical (unpaired) electrons. The summed E-state index contributed by atoms with van der Waals surface area (Å²) in [5, 5.41) is 15.8. The van der Waals surface area contributed by atoms with Crippen molar-refractivity contribution in [2.45, 2.75) is 18.1 Å². The van der Waals surface area contributed by atoms with Crippen molar-refractivity contribution in [3.63, 3.8) is 0 Å². The number of carbonyl (C=O) groups excluding carboxylic acids is 2. The van der Waals surface area contributed by atoms with Crippen LogP contribution in [0.25, 0.3) is 0 Å². The first-order valence-electron chi connectivity index (χ1n) is 9.82. The highest BCUT2D eigenvalue weighted by atomic mass is 35.5. The molecule has 0 saturated carbocycles. The van der Waals surface area contributed by atoms with Gasteiger partial charge in [0, 0.05) is 35.8 Å². The number of rotatable bonds is 10. The van der Waals surface area contributed by atoms with E-state index in [2.05, 4.69) is 27.4 Å². The van der Waals surface area contributed by atoms with Gasteiger partial charge in [0.1, 0.15) is 5.82 Å². The summed E-state index contributed by atoms with van der Waals surface area (Å²) < 4.78 is 1.86. The van der Waals surface area contributed by atoms with Crippen molar-refractivity contribution in [3.8, 4) is 0 Å². The zero-order chi connectivity index (χ0) is 23.8. The summed E-state index contributed by atoms with van der Waals surface area (Å²) in [5.41, 5.74) is 1.04. The van der Waals surface area contributed by atoms with Crippen molar-refractivity contribution < 1.29 is 9.59 Å². The van der Waals surface area contributed by atoms with Gasteiger partial charge in [-0.15, -0.1) is 16.8 Å². The Labute approximate surface area is 210 Å². The number of hydrogen-bond acceptors (Lipinski definition) is 5. The Morgan fingerprint density at radius 2 is 1.91 bits per heavy atom. The molecule has 0 spiro atoms. The van der Waals surface area contributed by atoms with Gasteiger partial charge in [0.2, 0.25) is 5.91 Å². The van der Waals surface area contributed by atoms with Crippen molar-refractivity contribution in [1.29, 1.82) is 0 Å². The summed E-state index contributed by atoms with van der Waals surface area (Å²) in [6, 6.07) is 11.6. The molecule has 0 aliphatic carbocycles. The highest BCUT2D eigenvalue weighted by Crippen LogP contribution is 2.23. The Kier molecular flexibility index (Phi) is 9.20. The maximum Gasteiger partial charge on any atom is 0.251 e. The first-order chi connectivity index (χ1) is 15.9. The molecule has 2 amide bonds. The lowest BCUT2D eigenvalue weighted by atomic mass is 10.2. The SMILES string of the molecule is C=CCn1c(CCNC(=O)c2ccc(Cl)c(Cl)c2)nnc1SCC(=O)Nc1cccc(Cl)c1. The predicted molar refractivity (Wildman–Crippen MR) is 134 cm³/mol. The third-order valence-electron chi connectivity index (χ3n) is 4.36. The van der Waals surface area contributed by atoms with E-state index in [1.165, 1.54) is 17.8 Å². The van der Waals surface area contributed by atoms with Gasteiger partial charge < -0.3 is 15.2 Å². The van der Waals surface area contributed by atoms with Crippen LogP contribution in [0.4, 0.5) is 5.69 Å². The average Bonchev–Trinajstić information content (AvgIpc) is 3.16. The fraction of sp³-hybridized carbons (Fsp3) is 0.182. The van der Waals surface area contributed by atoms with Gasteiger partial charge in [-0.05, 0) is 36.4 Å². The quantitative estimate of drug-likeness (QED) is 0.284. The molecule has 0 atom stereocenters. The molecule has 0 aliphatic heterocycles. The number of nitrogens with one attached hydrogen (secondary N) is 2. The molecule has 1 aromatic heterocycles. The van der Waals surface area contributed by atoms with E-state index >= 15 is 0 Å². The molecular formula is C22H20Cl3N5O2S. The van der Waals surface area contributed by atoms with Crippen LogP contribution in [0.5, 0.6) is 0 Å². The third kappa shape index (κ3) is 7.23. The number of aromatic nitrogens is 3. The number of allylic oxidation sites excluding steroid dienone is 1. The summed E-state index contributed by atoms with van der Waals surface area (Å²) in [6.45, 7) is 4.59. The lowest BCUT2D eigenvalue weighted by molar-refractivity contribution is -0.113. The summed E-state index contributed by atoms with van der Waals surface area (Å²) in [7, 11) is 0. The van der Waals surface area contributed by atoms with E-state index in [4.69, 9.17) is 34.8 Å². The van der Waals surface area contributed by atoms with Crippen LogP contribution in [0.2, 0.25) is 15.1 Å². The molecule has 1 heterocycles. The van der Waals surface area contributed by atoms with E-state index in [1.807, 2.05) is 4.57 Å². The molecule has 0 fully saturated rings. The standard InChI is InChI=1S/C22H20Cl3N5O2S/c1-2-10-30-19(8-9-26-21(32)14-6-7-17(24)18(25)11-14)28-29-22(30)33-13-20(31)27-16-5-3-4-15(23)12-16/h2-7,11-12H,1,8-10,13H2,(H,26,32)(H,27,31). The topological polar surface area (TPSA) is 88.9 Å². The Balaban J connectivity index is 1.56. The smallest absolute Gasteiger partial charge is 0.251 e. The second-order valence-corrected chi connectivity index (χ2v) is 8.97. The molecule has 0 aliphatic rings. The molecule has 2 aromatic carbocycles. The second kappa shape index (κ2) is 12.1. The first kappa shape index (κ1) is 25.1.